The van der Waals surface area contributed by atoms with E-state index in [4.69, 9.17) is 10.2 Å². The smallest absolute Gasteiger partial charge is 0.335 e. The number of benzene rings is 1. The van der Waals surface area contributed by atoms with E-state index in [1.165, 1.54) is 12.1 Å². The normalized spacial score (nSPS) is 10.0. The lowest BCUT2D eigenvalue weighted by Crippen LogP contribution is -2.08. The molecule has 0 aliphatic carbocycles. The minimum Gasteiger partial charge on any atom is -0.478 e. The molecule has 1 aromatic carbocycles. The fourth-order valence-electron chi connectivity index (χ4n) is 1.64. The van der Waals surface area contributed by atoms with Gasteiger partial charge in [-0.3, -0.25) is 0 Å². The minimum atomic E-state index is -1.03. The average Bonchev–Trinajstić information content (AvgIpc) is 2.16. The maximum Gasteiger partial charge on any atom is 0.335 e. The number of carboxylic acid groups (broad SMARTS) is 2. The molecule has 4 heteroatoms. The first-order valence-corrected chi connectivity index (χ1v) is 4.58. The van der Waals surface area contributed by atoms with Crippen molar-refractivity contribution in [3.8, 4) is 0 Å². The zero-order chi connectivity index (χ0) is 11.6. The minimum absolute atomic E-state index is 0.164. The lowest BCUT2D eigenvalue weighted by molar-refractivity contribution is 0.0679. The third-order valence-corrected chi connectivity index (χ3v) is 2.41. The first-order chi connectivity index (χ1) is 6.99. The summed E-state index contributed by atoms with van der Waals surface area (Å²) in [5.41, 5.74) is 1.46. The second kappa shape index (κ2) is 4.13. The molecule has 80 valence electrons. The van der Waals surface area contributed by atoms with E-state index in [0.717, 1.165) is 0 Å². The van der Waals surface area contributed by atoms with Crippen molar-refractivity contribution >= 4 is 11.9 Å². The molecule has 0 aliphatic heterocycles. The summed E-state index contributed by atoms with van der Waals surface area (Å²) in [6.07, 6.45) is 0.509. The fraction of sp³-hybridized carbons (Fsp3) is 0.273. The Hall–Kier alpha value is -1.84. The predicted octanol–water partition coefficient (Wildman–Crippen LogP) is 1.95. The highest BCUT2D eigenvalue weighted by Gasteiger charge is 2.16. The van der Waals surface area contributed by atoms with Crippen molar-refractivity contribution in [3.05, 3.63) is 34.4 Å². The van der Waals surface area contributed by atoms with Gasteiger partial charge < -0.3 is 10.2 Å². The first kappa shape index (κ1) is 11.2. The molecule has 0 atom stereocenters. The number of hydrogen-bond donors (Lipinski definition) is 2. The number of hydrogen-bond acceptors (Lipinski definition) is 2. The summed E-state index contributed by atoms with van der Waals surface area (Å²) in [5.74, 6) is -2.05. The Labute approximate surface area is 87.2 Å². The van der Waals surface area contributed by atoms with Crippen LogP contribution in [0.25, 0.3) is 0 Å². The third kappa shape index (κ3) is 1.98. The highest BCUT2D eigenvalue weighted by atomic mass is 16.4. The lowest BCUT2D eigenvalue weighted by Gasteiger charge is -2.10. The Morgan fingerprint density at radius 3 is 2.00 bits per heavy atom. The second-order valence-corrected chi connectivity index (χ2v) is 3.23. The summed E-state index contributed by atoms with van der Waals surface area (Å²) in [6.45, 7) is 3.44. The summed E-state index contributed by atoms with van der Waals surface area (Å²) >= 11 is 0. The number of aromatic carboxylic acids is 2. The molecule has 15 heavy (non-hydrogen) atoms. The Kier molecular flexibility index (Phi) is 3.09. The largest absolute Gasteiger partial charge is 0.478 e. The Bertz CT molecular complexity index is 421. The Morgan fingerprint density at radius 1 is 1.13 bits per heavy atom. The van der Waals surface area contributed by atoms with Gasteiger partial charge in [0.15, 0.2) is 0 Å². The molecule has 0 aromatic heterocycles. The molecule has 0 saturated carbocycles. The standard InChI is InChI=1S/C11H12O4/c1-3-7-6(2)8(10(12)13)4-5-9(7)11(14)15/h4-5H,3H2,1-2H3,(H,12,13)(H,14,15). The number of rotatable bonds is 3. The van der Waals surface area contributed by atoms with Crippen molar-refractivity contribution < 1.29 is 19.8 Å². The van der Waals surface area contributed by atoms with Gasteiger partial charge in [0, 0.05) is 0 Å². The van der Waals surface area contributed by atoms with Crippen molar-refractivity contribution in [1.82, 2.24) is 0 Å². The number of carboxylic acids is 2. The fourth-order valence-corrected chi connectivity index (χ4v) is 1.64. The van der Waals surface area contributed by atoms with Crippen LogP contribution in [-0.2, 0) is 6.42 Å². The van der Waals surface area contributed by atoms with Crippen LogP contribution < -0.4 is 0 Å². The molecule has 0 spiro atoms. The van der Waals surface area contributed by atoms with Gasteiger partial charge in [0.1, 0.15) is 0 Å². The topological polar surface area (TPSA) is 74.6 Å². The van der Waals surface area contributed by atoms with Gasteiger partial charge in [-0.1, -0.05) is 6.92 Å². The quantitative estimate of drug-likeness (QED) is 0.796. The van der Waals surface area contributed by atoms with Crippen LogP contribution in [0.1, 0.15) is 38.8 Å². The van der Waals surface area contributed by atoms with Gasteiger partial charge in [-0.25, -0.2) is 9.59 Å². The molecule has 0 amide bonds. The molecule has 0 unspecified atom stereocenters. The van der Waals surface area contributed by atoms with E-state index < -0.39 is 11.9 Å². The van der Waals surface area contributed by atoms with Crippen LogP contribution in [0.3, 0.4) is 0 Å². The van der Waals surface area contributed by atoms with E-state index in [1.807, 2.05) is 0 Å². The van der Waals surface area contributed by atoms with Crippen molar-refractivity contribution in [3.63, 3.8) is 0 Å². The van der Waals surface area contributed by atoms with E-state index in [2.05, 4.69) is 0 Å². The van der Waals surface area contributed by atoms with E-state index in [-0.39, 0.29) is 11.1 Å². The molecule has 0 aliphatic rings. The Balaban J connectivity index is 3.45. The summed E-state index contributed by atoms with van der Waals surface area (Å²) in [7, 11) is 0. The van der Waals surface area contributed by atoms with Gasteiger partial charge in [-0.2, -0.15) is 0 Å². The molecule has 1 rings (SSSR count). The zero-order valence-electron chi connectivity index (χ0n) is 8.57. The van der Waals surface area contributed by atoms with Crippen LogP contribution >= 0.6 is 0 Å². The molecule has 4 nitrogen and oxygen atoms in total. The highest BCUT2D eigenvalue weighted by molar-refractivity contribution is 5.94. The van der Waals surface area contributed by atoms with Crippen molar-refractivity contribution in [1.29, 1.82) is 0 Å². The van der Waals surface area contributed by atoms with Crippen LogP contribution in [0.2, 0.25) is 0 Å². The predicted molar refractivity (Wildman–Crippen MR) is 54.5 cm³/mol. The molecular formula is C11H12O4. The van der Waals surface area contributed by atoms with Crippen LogP contribution in [0, 0.1) is 6.92 Å². The molecule has 0 heterocycles. The lowest BCUT2D eigenvalue weighted by atomic mass is 9.95. The summed E-state index contributed by atoms with van der Waals surface area (Å²) in [4.78, 5) is 21.7. The molecule has 1 aromatic rings. The molecular weight excluding hydrogens is 196 g/mol. The molecule has 0 fully saturated rings. The molecule has 0 radical (unpaired) electrons. The summed E-state index contributed by atoms with van der Waals surface area (Å²) in [5, 5.41) is 17.8. The second-order valence-electron chi connectivity index (χ2n) is 3.23. The van der Waals surface area contributed by atoms with E-state index in [1.54, 1.807) is 13.8 Å². The van der Waals surface area contributed by atoms with Gasteiger partial charge >= 0.3 is 11.9 Å². The number of carbonyl (C=O) groups is 2. The van der Waals surface area contributed by atoms with E-state index >= 15 is 0 Å². The first-order valence-electron chi connectivity index (χ1n) is 4.58. The summed E-state index contributed by atoms with van der Waals surface area (Å²) in [6, 6.07) is 2.68. The van der Waals surface area contributed by atoms with Crippen LogP contribution in [-0.4, -0.2) is 22.2 Å². The van der Waals surface area contributed by atoms with Crippen molar-refractivity contribution in [2.75, 3.05) is 0 Å². The van der Waals surface area contributed by atoms with Gasteiger partial charge in [0.05, 0.1) is 11.1 Å². The van der Waals surface area contributed by atoms with Crippen molar-refractivity contribution in [2.45, 2.75) is 20.3 Å². The maximum atomic E-state index is 10.9. The average molecular weight is 208 g/mol. The highest BCUT2D eigenvalue weighted by Crippen LogP contribution is 2.19. The van der Waals surface area contributed by atoms with Gasteiger partial charge in [-0.15, -0.1) is 0 Å². The zero-order valence-corrected chi connectivity index (χ0v) is 8.57. The van der Waals surface area contributed by atoms with E-state index in [0.29, 0.717) is 17.5 Å². The molecule has 0 saturated heterocycles. The third-order valence-electron chi connectivity index (χ3n) is 2.41. The van der Waals surface area contributed by atoms with Gasteiger partial charge in [0.2, 0.25) is 0 Å². The molecule has 2 N–H and O–H groups in total. The Morgan fingerprint density at radius 2 is 1.60 bits per heavy atom. The van der Waals surface area contributed by atoms with E-state index in [9.17, 15) is 9.59 Å². The van der Waals surface area contributed by atoms with Crippen LogP contribution in [0.5, 0.6) is 0 Å². The van der Waals surface area contributed by atoms with Gasteiger partial charge in [0.25, 0.3) is 0 Å². The van der Waals surface area contributed by atoms with Crippen LogP contribution in [0.4, 0.5) is 0 Å². The SMILES string of the molecule is CCc1c(C(=O)O)ccc(C(=O)O)c1C. The maximum absolute atomic E-state index is 10.9. The monoisotopic (exact) mass is 208 g/mol. The van der Waals surface area contributed by atoms with Gasteiger partial charge in [-0.05, 0) is 36.6 Å². The summed E-state index contributed by atoms with van der Waals surface area (Å²) < 4.78 is 0. The molecule has 0 bridgehead atoms. The van der Waals surface area contributed by atoms with Crippen molar-refractivity contribution in [2.24, 2.45) is 0 Å². The van der Waals surface area contributed by atoms with Crippen LogP contribution in [0.15, 0.2) is 12.1 Å².